The molecule has 0 unspecified atom stereocenters. The molecule has 1 aliphatic rings. The zero-order chi connectivity index (χ0) is 17.8. The lowest BCUT2D eigenvalue weighted by molar-refractivity contribution is -0.141. The van der Waals surface area contributed by atoms with E-state index in [9.17, 15) is 14.0 Å². The van der Waals surface area contributed by atoms with Gasteiger partial charge in [0.25, 0.3) is 0 Å². The molecule has 1 atom stereocenters. The van der Waals surface area contributed by atoms with Crippen LogP contribution in [-0.2, 0) is 20.9 Å². The van der Waals surface area contributed by atoms with Crippen molar-refractivity contribution in [3.05, 3.63) is 30.1 Å². The van der Waals surface area contributed by atoms with Gasteiger partial charge < -0.3 is 9.64 Å². The summed E-state index contributed by atoms with van der Waals surface area (Å²) in [5.41, 5.74) is 0.611. The molecule has 3 rings (SSSR count). The van der Waals surface area contributed by atoms with E-state index in [4.69, 9.17) is 4.74 Å². The molecule has 132 valence electrons. The molecule has 1 amide bonds. The number of amides is 1. The predicted octanol–water partition coefficient (Wildman–Crippen LogP) is 0.596. The monoisotopic (exact) mass is 365 g/mol. The summed E-state index contributed by atoms with van der Waals surface area (Å²) in [5.74, 6) is 0.0954. The number of benzene rings is 1. The number of halogens is 1. The molecular formula is C15H16FN5O3S. The molecule has 2 heterocycles. The fourth-order valence-electron chi connectivity index (χ4n) is 2.40. The first-order valence-corrected chi connectivity index (χ1v) is 8.62. The van der Waals surface area contributed by atoms with Gasteiger partial charge in [0.2, 0.25) is 11.7 Å². The first-order valence-electron chi connectivity index (χ1n) is 7.58. The summed E-state index contributed by atoms with van der Waals surface area (Å²) < 4.78 is 17.7. The molecule has 10 heteroatoms. The van der Waals surface area contributed by atoms with E-state index in [2.05, 4.69) is 15.4 Å². The molecule has 8 nitrogen and oxygen atoms in total. The third-order valence-corrected chi connectivity index (χ3v) is 4.88. The third-order valence-electron chi connectivity index (χ3n) is 3.72. The van der Waals surface area contributed by atoms with Gasteiger partial charge in [-0.25, -0.2) is 4.39 Å². The zero-order valence-electron chi connectivity index (χ0n) is 13.5. The van der Waals surface area contributed by atoms with Gasteiger partial charge in [0, 0.05) is 24.4 Å². The Kier molecular flexibility index (Phi) is 5.27. The molecule has 1 fully saturated rings. The van der Waals surface area contributed by atoms with Gasteiger partial charge in [-0.1, -0.05) is 0 Å². The second-order valence-electron chi connectivity index (χ2n) is 5.37. The van der Waals surface area contributed by atoms with Gasteiger partial charge in [0.05, 0.1) is 7.11 Å². The van der Waals surface area contributed by atoms with Crippen LogP contribution in [0.2, 0.25) is 0 Å². The number of hydrogen-bond acceptors (Lipinski definition) is 7. The minimum atomic E-state index is -0.374. The molecule has 1 aliphatic heterocycles. The first kappa shape index (κ1) is 17.3. The molecule has 2 aromatic rings. The zero-order valence-corrected chi connectivity index (χ0v) is 14.3. The standard InChI is InChI=1S/C15H16FN5O3S/c1-24-15(23)12-8-20(6-7-25-12)13(22)9-21-18-14(17-19-21)10-2-4-11(16)5-3-10/h2-5,12H,6-9H2,1H3/t12-/m0/s1. The topological polar surface area (TPSA) is 90.2 Å². The van der Waals surface area contributed by atoms with E-state index in [0.29, 0.717) is 30.2 Å². The summed E-state index contributed by atoms with van der Waals surface area (Å²) in [4.78, 5) is 26.8. The van der Waals surface area contributed by atoms with Crippen LogP contribution in [0, 0.1) is 5.82 Å². The second-order valence-corrected chi connectivity index (χ2v) is 6.68. The maximum Gasteiger partial charge on any atom is 0.320 e. The van der Waals surface area contributed by atoms with E-state index in [-0.39, 0.29) is 29.5 Å². The molecule has 0 N–H and O–H groups in total. The number of carbonyl (C=O) groups is 2. The van der Waals surface area contributed by atoms with Crippen LogP contribution in [0.4, 0.5) is 4.39 Å². The van der Waals surface area contributed by atoms with Crippen molar-refractivity contribution >= 4 is 23.6 Å². The highest BCUT2D eigenvalue weighted by Gasteiger charge is 2.29. The van der Waals surface area contributed by atoms with Crippen LogP contribution in [0.3, 0.4) is 0 Å². The van der Waals surface area contributed by atoms with Crippen LogP contribution in [-0.4, -0.2) is 68.2 Å². The number of hydrogen-bond donors (Lipinski definition) is 0. The molecule has 1 aromatic carbocycles. The largest absolute Gasteiger partial charge is 0.468 e. The highest BCUT2D eigenvalue weighted by Crippen LogP contribution is 2.20. The van der Waals surface area contributed by atoms with Gasteiger partial charge in [-0.05, 0) is 29.5 Å². The molecule has 1 saturated heterocycles. The van der Waals surface area contributed by atoms with Crippen LogP contribution in [0.15, 0.2) is 24.3 Å². The van der Waals surface area contributed by atoms with E-state index in [1.165, 1.54) is 35.8 Å². The quantitative estimate of drug-likeness (QED) is 0.733. The van der Waals surface area contributed by atoms with Crippen molar-refractivity contribution in [1.29, 1.82) is 0 Å². The van der Waals surface area contributed by atoms with Crippen molar-refractivity contribution < 1.29 is 18.7 Å². The number of tetrazole rings is 1. The Labute approximate surface area is 147 Å². The SMILES string of the molecule is COC(=O)[C@@H]1CN(C(=O)Cn2nnc(-c3ccc(F)cc3)n2)CCS1. The average Bonchev–Trinajstić information content (AvgIpc) is 3.10. The third kappa shape index (κ3) is 4.13. The van der Waals surface area contributed by atoms with Crippen molar-refractivity contribution in [2.45, 2.75) is 11.8 Å². The lowest BCUT2D eigenvalue weighted by atomic mass is 10.2. The van der Waals surface area contributed by atoms with Gasteiger partial charge >= 0.3 is 5.97 Å². The van der Waals surface area contributed by atoms with E-state index in [1.807, 2.05) is 0 Å². The van der Waals surface area contributed by atoms with Crippen molar-refractivity contribution in [3.63, 3.8) is 0 Å². The Balaban J connectivity index is 1.63. The Morgan fingerprint density at radius 3 is 2.84 bits per heavy atom. The van der Waals surface area contributed by atoms with Crippen molar-refractivity contribution in [2.75, 3.05) is 26.0 Å². The maximum atomic E-state index is 13.0. The van der Waals surface area contributed by atoms with Gasteiger partial charge in [0.15, 0.2) is 0 Å². The Bertz CT molecular complexity index is 767. The number of nitrogens with zero attached hydrogens (tertiary/aromatic N) is 5. The number of rotatable bonds is 4. The van der Waals surface area contributed by atoms with Crippen LogP contribution in [0.5, 0.6) is 0 Å². The van der Waals surface area contributed by atoms with Crippen LogP contribution >= 0.6 is 11.8 Å². The molecule has 1 aromatic heterocycles. The Morgan fingerprint density at radius 2 is 2.12 bits per heavy atom. The molecule has 0 saturated carbocycles. The van der Waals surface area contributed by atoms with E-state index < -0.39 is 0 Å². The summed E-state index contributed by atoms with van der Waals surface area (Å²) in [5, 5.41) is 11.5. The smallest absolute Gasteiger partial charge is 0.320 e. The van der Waals surface area contributed by atoms with Gasteiger partial charge in [0.1, 0.15) is 17.6 Å². The maximum absolute atomic E-state index is 13.0. The molecule has 0 aliphatic carbocycles. The Morgan fingerprint density at radius 1 is 1.36 bits per heavy atom. The number of esters is 1. The lowest BCUT2D eigenvalue weighted by Crippen LogP contribution is -2.46. The van der Waals surface area contributed by atoms with E-state index in [0.717, 1.165) is 0 Å². The summed E-state index contributed by atoms with van der Waals surface area (Å²) in [7, 11) is 1.33. The number of thioether (sulfide) groups is 1. The van der Waals surface area contributed by atoms with Gasteiger partial charge in [-0.15, -0.1) is 22.0 Å². The average molecular weight is 365 g/mol. The predicted molar refractivity (Wildman–Crippen MR) is 88.1 cm³/mol. The van der Waals surface area contributed by atoms with E-state index in [1.54, 1.807) is 17.0 Å². The summed E-state index contributed by atoms with van der Waals surface area (Å²) in [6, 6.07) is 5.70. The van der Waals surface area contributed by atoms with Crippen LogP contribution in [0.1, 0.15) is 0 Å². The normalized spacial score (nSPS) is 17.4. The number of carbonyl (C=O) groups excluding carboxylic acids is 2. The highest BCUT2D eigenvalue weighted by atomic mass is 32.2. The fraction of sp³-hybridized carbons (Fsp3) is 0.400. The molecular weight excluding hydrogens is 349 g/mol. The lowest BCUT2D eigenvalue weighted by Gasteiger charge is -2.30. The summed E-state index contributed by atoms with van der Waals surface area (Å²) >= 11 is 1.48. The summed E-state index contributed by atoms with van der Waals surface area (Å²) in [6.07, 6.45) is 0. The second kappa shape index (κ2) is 7.60. The minimum absolute atomic E-state index is 0.0766. The van der Waals surface area contributed by atoms with Crippen molar-refractivity contribution in [2.24, 2.45) is 0 Å². The summed E-state index contributed by atoms with van der Waals surface area (Å²) in [6.45, 7) is 0.777. The van der Waals surface area contributed by atoms with E-state index >= 15 is 0 Å². The number of aromatic nitrogens is 4. The minimum Gasteiger partial charge on any atom is -0.468 e. The van der Waals surface area contributed by atoms with Gasteiger partial charge in [-0.3, -0.25) is 9.59 Å². The molecule has 0 radical (unpaired) electrons. The molecule has 25 heavy (non-hydrogen) atoms. The molecule has 0 spiro atoms. The van der Waals surface area contributed by atoms with Crippen molar-refractivity contribution in [1.82, 2.24) is 25.1 Å². The van der Waals surface area contributed by atoms with Crippen LogP contribution < -0.4 is 0 Å². The first-order chi connectivity index (χ1) is 12.1. The van der Waals surface area contributed by atoms with Gasteiger partial charge in [-0.2, -0.15) is 4.80 Å². The number of methoxy groups -OCH3 is 1. The highest BCUT2D eigenvalue weighted by molar-refractivity contribution is 8.00. The number of ether oxygens (including phenoxy) is 1. The molecule has 0 bridgehead atoms. The van der Waals surface area contributed by atoms with Crippen LogP contribution in [0.25, 0.3) is 11.4 Å². The van der Waals surface area contributed by atoms with Crippen molar-refractivity contribution in [3.8, 4) is 11.4 Å². The fourth-order valence-corrected chi connectivity index (χ4v) is 3.52. The Hall–Kier alpha value is -2.49.